The normalized spacial score (nSPS) is 40.5. The topological polar surface area (TPSA) is 0 Å². The van der Waals surface area contributed by atoms with Crippen LogP contribution in [0.1, 0.15) is 79.6 Å². The Hall–Kier alpha value is -0.520. The molecule has 2 aliphatic carbocycles. The second-order valence-electron chi connectivity index (χ2n) is 8.09. The van der Waals surface area contributed by atoms with Gasteiger partial charge in [0, 0.05) is 0 Å². The second kappa shape index (κ2) is 6.50. The molecule has 2 aliphatic rings. The van der Waals surface area contributed by atoms with Gasteiger partial charge in [0.2, 0.25) is 0 Å². The molecule has 1 fully saturated rings. The van der Waals surface area contributed by atoms with Gasteiger partial charge in [-0.15, -0.1) is 0 Å². The lowest BCUT2D eigenvalue weighted by molar-refractivity contribution is 0.0147. The number of rotatable bonds is 0. The lowest BCUT2D eigenvalue weighted by Crippen LogP contribution is -2.40. The van der Waals surface area contributed by atoms with Gasteiger partial charge in [-0.05, 0) is 75.5 Å². The Bertz CT molecular complexity index is 383. The van der Waals surface area contributed by atoms with Crippen molar-refractivity contribution in [2.24, 2.45) is 23.2 Å². The molecule has 0 radical (unpaired) electrons. The Kier molecular flexibility index (Phi) is 5.15. The molecule has 0 aromatic rings. The highest BCUT2D eigenvalue weighted by atomic mass is 14.5. The van der Waals surface area contributed by atoms with Gasteiger partial charge in [0.15, 0.2) is 0 Å². The summed E-state index contributed by atoms with van der Waals surface area (Å²) in [7, 11) is 0. The summed E-state index contributed by atoms with van der Waals surface area (Å²) in [6.45, 7) is 12.3. The first kappa shape index (κ1) is 15.9. The van der Waals surface area contributed by atoms with E-state index in [1.807, 2.05) is 0 Å². The summed E-state index contributed by atoms with van der Waals surface area (Å²) < 4.78 is 0. The first-order valence-corrected chi connectivity index (χ1v) is 8.72. The van der Waals surface area contributed by atoms with Gasteiger partial charge in [0.1, 0.15) is 0 Å². The molecule has 0 aromatic heterocycles. The van der Waals surface area contributed by atoms with E-state index < -0.39 is 0 Å². The molecule has 0 heteroatoms. The minimum Gasteiger partial charge on any atom is -0.0853 e. The SMILES string of the molecule is C/C1=C\C[C@@H]2CC[C@@H](C)[C@H](CC/C(C)=C/CC1)C2(C)C. The fraction of sp³-hybridized carbons (Fsp3) is 0.800. The van der Waals surface area contributed by atoms with Crippen LogP contribution in [0.15, 0.2) is 23.3 Å². The number of hydrogen-bond donors (Lipinski definition) is 0. The van der Waals surface area contributed by atoms with Crippen molar-refractivity contribution >= 4 is 0 Å². The summed E-state index contributed by atoms with van der Waals surface area (Å²) in [5.41, 5.74) is 3.72. The largest absolute Gasteiger partial charge is 0.0853 e. The van der Waals surface area contributed by atoms with E-state index in [0.717, 1.165) is 17.8 Å². The van der Waals surface area contributed by atoms with Crippen molar-refractivity contribution in [1.82, 2.24) is 0 Å². The van der Waals surface area contributed by atoms with Gasteiger partial charge in [-0.1, -0.05) is 50.5 Å². The average molecular weight is 274 g/mol. The van der Waals surface area contributed by atoms with E-state index in [0.29, 0.717) is 5.41 Å². The zero-order chi connectivity index (χ0) is 14.8. The van der Waals surface area contributed by atoms with Crippen molar-refractivity contribution in [3.8, 4) is 0 Å². The molecule has 0 unspecified atom stereocenters. The minimum atomic E-state index is 0.508. The summed E-state index contributed by atoms with van der Waals surface area (Å²) in [6.07, 6.45) is 14.4. The Morgan fingerprint density at radius 2 is 1.65 bits per heavy atom. The molecule has 0 spiro atoms. The lowest BCUT2D eigenvalue weighted by atomic mass is 9.56. The molecule has 114 valence electrons. The van der Waals surface area contributed by atoms with Gasteiger partial charge in [0.05, 0.1) is 0 Å². The third-order valence-corrected chi connectivity index (χ3v) is 6.30. The van der Waals surface area contributed by atoms with E-state index in [1.54, 1.807) is 11.1 Å². The lowest BCUT2D eigenvalue weighted by Gasteiger charge is -2.49. The standard InChI is InChI=1S/C20H34/c1-15-7-6-8-16(2)10-14-19-17(3)11-13-18(12-9-15)20(19,4)5/h8-9,17-19H,6-7,10-14H2,1-5H3/b15-9+,16-8+/t17-,18-,19+/m1/s1. The Balaban J connectivity index is 2.24. The molecule has 0 amide bonds. The Morgan fingerprint density at radius 1 is 0.950 bits per heavy atom. The van der Waals surface area contributed by atoms with Crippen molar-refractivity contribution in [2.75, 3.05) is 0 Å². The summed E-state index contributed by atoms with van der Waals surface area (Å²) in [4.78, 5) is 0. The second-order valence-corrected chi connectivity index (χ2v) is 8.09. The van der Waals surface area contributed by atoms with Crippen LogP contribution in [0.3, 0.4) is 0 Å². The number of fused-ring (bicyclic) bond motifs is 2. The van der Waals surface area contributed by atoms with E-state index in [2.05, 4.69) is 46.8 Å². The van der Waals surface area contributed by atoms with Crippen LogP contribution < -0.4 is 0 Å². The quantitative estimate of drug-likeness (QED) is 0.440. The third-order valence-electron chi connectivity index (χ3n) is 6.30. The molecule has 0 nitrogen and oxygen atoms in total. The highest BCUT2D eigenvalue weighted by Crippen LogP contribution is 2.51. The summed E-state index contributed by atoms with van der Waals surface area (Å²) in [6, 6.07) is 0. The molecule has 0 aliphatic heterocycles. The fourth-order valence-electron chi connectivity index (χ4n) is 4.63. The van der Waals surface area contributed by atoms with Crippen LogP contribution in [0.4, 0.5) is 0 Å². The molecule has 2 rings (SSSR count). The van der Waals surface area contributed by atoms with Crippen LogP contribution in [-0.4, -0.2) is 0 Å². The van der Waals surface area contributed by atoms with E-state index in [9.17, 15) is 0 Å². The minimum absolute atomic E-state index is 0.508. The molecular weight excluding hydrogens is 240 g/mol. The predicted molar refractivity (Wildman–Crippen MR) is 89.8 cm³/mol. The zero-order valence-electron chi connectivity index (χ0n) is 14.3. The van der Waals surface area contributed by atoms with E-state index >= 15 is 0 Å². The van der Waals surface area contributed by atoms with Gasteiger partial charge < -0.3 is 0 Å². The van der Waals surface area contributed by atoms with E-state index in [4.69, 9.17) is 0 Å². The van der Waals surface area contributed by atoms with Crippen LogP contribution in [0.2, 0.25) is 0 Å². The molecule has 3 atom stereocenters. The van der Waals surface area contributed by atoms with Crippen molar-refractivity contribution in [3.05, 3.63) is 23.3 Å². The third kappa shape index (κ3) is 3.57. The summed E-state index contributed by atoms with van der Waals surface area (Å²) in [5, 5.41) is 0. The first-order valence-electron chi connectivity index (χ1n) is 8.72. The van der Waals surface area contributed by atoms with Gasteiger partial charge in [-0.25, -0.2) is 0 Å². The smallest absolute Gasteiger partial charge is 0.0288 e. The Morgan fingerprint density at radius 3 is 2.40 bits per heavy atom. The van der Waals surface area contributed by atoms with Crippen LogP contribution in [0.5, 0.6) is 0 Å². The molecule has 2 bridgehead atoms. The summed E-state index contributed by atoms with van der Waals surface area (Å²) in [5.74, 6) is 2.70. The number of allylic oxidation sites excluding steroid dienone is 4. The predicted octanol–water partition coefficient (Wildman–Crippen LogP) is 6.53. The van der Waals surface area contributed by atoms with Gasteiger partial charge >= 0.3 is 0 Å². The van der Waals surface area contributed by atoms with Crippen LogP contribution in [0.25, 0.3) is 0 Å². The van der Waals surface area contributed by atoms with Gasteiger partial charge in [-0.3, -0.25) is 0 Å². The molecule has 0 N–H and O–H groups in total. The van der Waals surface area contributed by atoms with Crippen LogP contribution in [0, 0.1) is 23.2 Å². The maximum Gasteiger partial charge on any atom is -0.0288 e. The fourth-order valence-corrected chi connectivity index (χ4v) is 4.63. The van der Waals surface area contributed by atoms with E-state index in [1.165, 1.54) is 44.9 Å². The molecule has 1 saturated carbocycles. The average Bonchev–Trinajstić information content (AvgIpc) is 2.36. The maximum atomic E-state index is 2.55. The zero-order valence-corrected chi connectivity index (χ0v) is 14.3. The van der Waals surface area contributed by atoms with Gasteiger partial charge in [-0.2, -0.15) is 0 Å². The van der Waals surface area contributed by atoms with Crippen molar-refractivity contribution < 1.29 is 0 Å². The van der Waals surface area contributed by atoms with E-state index in [-0.39, 0.29) is 0 Å². The first-order chi connectivity index (χ1) is 9.41. The summed E-state index contributed by atoms with van der Waals surface area (Å²) >= 11 is 0. The maximum absolute atomic E-state index is 2.55. The van der Waals surface area contributed by atoms with Crippen LogP contribution in [-0.2, 0) is 0 Å². The van der Waals surface area contributed by atoms with Crippen molar-refractivity contribution in [1.29, 1.82) is 0 Å². The highest BCUT2D eigenvalue weighted by Gasteiger charge is 2.42. The highest BCUT2D eigenvalue weighted by molar-refractivity contribution is 5.07. The van der Waals surface area contributed by atoms with Gasteiger partial charge in [0.25, 0.3) is 0 Å². The molecule has 0 heterocycles. The van der Waals surface area contributed by atoms with Crippen molar-refractivity contribution in [3.63, 3.8) is 0 Å². The number of hydrogen-bond acceptors (Lipinski definition) is 0. The molecular formula is C20H34. The monoisotopic (exact) mass is 274 g/mol. The molecule has 0 aromatic carbocycles. The van der Waals surface area contributed by atoms with Crippen LogP contribution >= 0.6 is 0 Å². The molecule has 20 heavy (non-hydrogen) atoms. The molecule has 0 saturated heterocycles. The Labute approximate surface area is 126 Å². The van der Waals surface area contributed by atoms with Crippen molar-refractivity contribution in [2.45, 2.75) is 79.6 Å².